The molecule has 2 saturated carbocycles. The highest BCUT2D eigenvalue weighted by Crippen LogP contribution is 2.62. The fourth-order valence-electron chi connectivity index (χ4n) is 3.56. The predicted molar refractivity (Wildman–Crippen MR) is 48.4 cm³/mol. The molecule has 3 aliphatic rings. The Kier molecular flexibility index (Phi) is 1.52. The van der Waals surface area contributed by atoms with E-state index in [4.69, 9.17) is 16.3 Å². The third kappa shape index (κ3) is 0.706. The number of rotatable bonds is 0. The van der Waals surface area contributed by atoms with Gasteiger partial charge in [0, 0.05) is 23.3 Å². The van der Waals surface area contributed by atoms with E-state index in [1.807, 2.05) is 0 Å². The van der Waals surface area contributed by atoms with E-state index in [0.717, 1.165) is 6.61 Å². The smallest absolute Gasteiger partial charge is 0.0688 e. The van der Waals surface area contributed by atoms with Crippen LogP contribution < -0.4 is 0 Å². The second kappa shape index (κ2) is 2.39. The zero-order valence-corrected chi connectivity index (χ0v) is 8.02. The van der Waals surface area contributed by atoms with Crippen molar-refractivity contribution < 1.29 is 4.74 Å². The Morgan fingerprint density at radius 2 is 2.00 bits per heavy atom. The van der Waals surface area contributed by atoms with Crippen LogP contribution in [0.4, 0.5) is 0 Å². The fraction of sp³-hybridized carbons (Fsp3) is 1.00. The maximum absolute atomic E-state index is 6.43. The summed E-state index contributed by atoms with van der Waals surface area (Å²) in [6.45, 7) is 0.959. The van der Waals surface area contributed by atoms with Gasteiger partial charge in [-0.2, -0.15) is 0 Å². The zero-order valence-electron chi connectivity index (χ0n) is 7.26. The van der Waals surface area contributed by atoms with Crippen molar-refractivity contribution in [3.8, 4) is 0 Å². The standard InChI is InChI=1S/C10H15ClO/c11-8-7-3-6-12-9(7)10(8)4-1-2-5-10/h7-9H,1-6H2. The van der Waals surface area contributed by atoms with Crippen molar-refractivity contribution in [3.05, 3.63) is 0 Å². The minimum Gasteiger partial charge on any atom is -0.377 e. The molecule has 3 unspecified atom stereocenters. The highest BCUT2D eigenvalue weighted by molar-refractivity contribution is 6.22. The maximum atomic E-state index is 6.43. The molecule has 12 heavy (non-hydrogen) atoms. The zero-order chi connectivity index (χ0) is 8.18. The van der Waals surface area contributed by atoms with Gasteiger partial charge in [0.1, 0.15) is 0 Å². The van der Waals surface area contributed by atoms with Crippen molar-refractivity contribution >= 4 is 11.6 Å². The van der Waals surface area contributed by atoms with Gasteiger partial charge in [-0.3, -0.25) is 0 Å². The summed E-state index contributed by atoms with van der Waals surface area (Å²) >= 11 is 6.43. The molecule has 1 saturated heterocycles. The maximum Gasteiger partial charge on any atom is 0.0688 e. The lowest BCUT2D eigenvalue weighted by molar-refractivity contribution is -0.0937. The molecule has 0 bridgehead atoms. The molecule has 0 N–H and O–H groups in total. The summed E-state index contributed by atoms with van der Waals surface area (Å²) in [5.41, 5.74) is 0.419. The fourth-order valence-corrected chi connectivity index (χ4v) is 4.16. The molecule has 2 heteroatoms. The summed E-state index contributed by atoms with van der Waals surface area (Å²) < 4.78 is 5.78. The lowest BCUT2D eigenvalue weighted by atomic mass is 9.58. The van der Waals surface area contributed by atoms with Gasteiger partial charge < -0.3 is 4.74 Å². The highest BCUT2D eigenvalue weighted by atomic mass is 35.5. The summed E-state index contributed by atoms with van der Waals surface area (Å²) in [5.74, 6) is 0.699. The number of ether oxygens (including phenoxy) is 1. The minimum absolute atomic E-state index is 0.419. The van der Waals surface area contributed by atoms with Gasteiger partial charge in [-0.05, 0) is 19.3 Å². The molecule has 0 aromatic carbocycles. The highest BCUT2D eigenvalue weighted by Gasteiger charge is 2.64. The molecule has 1 nitrogen and oxygen atoms in total. The van der Waals surface area contributed by atoms with Crippen LogP contribution in [0.25, 0.3) is 0 Å². The van der Waals surface area contributed by atoms with Crippen molar-refractivity contribution in [2.75, 3.05) is 6.61 Å². The molecule has 0 amide bonds. The minimum atomic E-state index is 0.419. The number of alkyl halides is 1. The number of fused-ring (bicyclic) bond motifs is 2. The Bertz CT molecular complexity index is 198. The van der Waals surface area contributed by atoms with E-state index in [2.05, 4.69) is 0 Å². The topological polar surface area (TPSA) is 9.23 Å². The van der Waals surface area contributed by atoms with E-state index in [1.54, 1.807) is 0 Å². The Labute approximate surface area is 78.4 Å². The summed E-state index contributed by atoms with van der Waals surface area (Å²) in [5, 5.41) is 0.438. The van der Waals surface area contributed by atoms with Gasteiger partial charge >= 0.3 is 0 Å². The summed E-state index contributed by atoms with van der Waals surface area (Å²) in [6, 6.07) is 0. The van der Waals surface area contributed by atoms with E-state index in [-0.39, 0.29) is 0 Å². The van der Waals surface area contributed by atoms with Crippen molar-refractivity contribution in [1.29, 1.82) is 0 Å². The van der Waals surface area contributed by atoms with Crippen LogP contribution in [0.1, 0.15) is 32.1 Å². The van der Waals surface area contributed by atoms with Crippen LogP contribution in [0.5, 0.6) is 0 Å². The van der Waals surface area contributed by atoms with E-state index < -0.39 is 0 Å². The average Bonchev–Trinajstić information content (AvgIpc) is 2.72. The second-order valence-corrected chi connectivity index (χ2v) is 5.06. The first-order valence-corrected chi connectivity index (χ1v) is 5.54. The largest absolute Gasteiger partial charge is 0.377 e. The first kappa shape index (κ1) is 7.64. The second-order valence-electron chi connectivity index (χ2n) is 4.59. The molecule has 1 aliphatic heterocycles. The van der Waals surface area contributed by atoms with Crippen molar-refractivity contribution in [3.63, 3.8) is 0 Å². The van der Waals surface area contributed by atoms with Gasteiger partial charge in [-0.15, -0.1) is 11.6 Å². The van der Waals surface area contributed by atoms with Gasteiger partial charge in [-0.1, -0.05) is 12.8 Å². The third-order valence-electron chi connectivity index (χ3n) is 4.16. The van der Waals surface area contributed by atoms with E-state index in [1.165, 1.54) is 32.1 Å². The molecule has 1 heterocycles. The SMILES string of the molecule is ClC1C2CCOC2C12CCCC2. The van der Waals surface area contributed by atoms with Crippen molar-refractivity contribution in [2.45, 2.75) is 43.6 Å². The third-order valence-corrected chi connectivity index (χ3v) is 4.92. The Morgan fingerprint density at radius 1 is 1.25 bits per heavy atom. The molecular weight excluding hydrogens is 172 g/mol. The van der Waals surface area contributed by atoms with Gasteiger partial charge in [-0.25, -0.2) is 0 Å². The Hall–Kier alpha value is 0.250. The van der Waals surface area contributed by atoms with Crippen molar-refractivity contribution in [2.24, 2.45) is 11.3 Å². The molecule has 0 aromatic rings. The Morgan fingerprint density at radius 3 is 2.75 bits per heavy atom. The molecule has 0 aromatic heterocycles. The van der Waals surface area contributed by atoms with Crippen LogP contribution in [-0.4, -0.2) is 18.1 Å². The molecule has 1 spiro atoms. The van der Waals surface area contributed by atoms with Crippen LogP contribution in [0.2, 0.25) is 0 Å². The number of halogens is 1. The molecule has 68 valence electrons. The van der Waals surface area contributed by atoms with Gasteiger partial charge in [0.2, 0.25) is 0 Å². The first-order valence-electron chi connectivity index (χ1n) is 5.10. The quantitative estimate of drug-likeness (QED) is 0.529. The number of hydrogen-bond donors (Lipinski definition) is 0. The average molecular weight is 187 g/mol. The van der Waals surface area contributed by atoms with Gasteiger partial charge in [0.15, 0.2) is 0 Å². The van der Waals surface area contributed by atoms with Gasteiger partial charge in [0.25, 0.3) is 0 Å². The van der Waals surface area contributed by atoms with Crippen LogP contribution in [0.15, 0.2) is 0 Å². The monoisotopic (exact) mass is 186 g/mol. The molecular formula is C10H15ClO. The normalized spacial score (nSPS) is 49.2. The lowest BCUT2D eigenvalue weighted by Crippen LogP contribution is -2.59. The van der Waals surface area contributed by atoms with Gasteiger partial charge in [0.05, 0.1) is 6.10 Å². The Balaban J connectivity index is 1.87. The summed E-state index contributed by atoms with van der Waals surface area (Å²) in [6.07, 6.45) is 7.14. The van der Waals surface area contributed by atoms with Crippen LogP contribution in [-0.2, 0) is 4.74 Å². The molecule has 0 radical (unpaired) electrons. The van der Waals surface area contributed by atoms with E-state index in [9.17, 15) is 0 Å². The molecule has 3 rings (SSSR count). The van der Waals surface area contributed by atoms with Crippen LogP contribution in [0, 0.1) is 11.3 Å². The molecule has 3 atom stereocenters. The summed E-state index contributed by atoms with van der Waals surface area (Å²) in [4.78, 5) is 0. The number of hydrogen-bond acceptors (Lipinski definition) is 1. The molecule has 2 aliphatic carbocycles. The van der Waals surface area contributed by atoms with E-state index >= 15 is 0 Å². The summed E-state index contributed by atoms with van der Waals surface area (Å²) in [7, 11) is 0. The first-order chi connectivity index (χ1) is 5.84. The van der Waals surface area contributed by atoms with Crippen LogP contribution >= 0.6 is 11.6 Å². The van der Waals surface area contributed by atoms with E-state index in [0.29, 0.717) is 22.8 Å². The van der Waals surface area contributed by atoms with Crippen molar-refractivity contribution in [1.82, 2.24) is 0 Å². The lowest BCUT2D eigenvalue weighted by Gasteiger charge is -2.53. The molecule has 3 fully saturated rings. The van der Waals surface area contributed by atoms with Crippen LogP contribution in [0.3, 0.4) is 0 Å². The predicted octanol–water partition coefficient (Wildman–Crippen LogP) is 2.57.